The molecule has 3 nitrogen and oxygen atoms in total. The van der Waals surface area contributed by atoms with Gasteiger partial charge in [0.15, 0.2) is 0 Å². The average molecular weight is 265 g/mol. The molecule has 1 unspecified atom stereocenters. The van der Waals surface area contributed by atoms with Crippen molar-refractivity contribution in [2.45, 2.75) is 31.8 Å². The van der Waals surface area contributed by atoms with E-state index in [0.717, 1.165) is 31.5 Å². The fourth-order valence-corrected chi connectivity index (χ4v) is 2.69. The summed E-state index contributed by atoms with van der Waals surface area (Å²) in [4.78, 5) is 4.40. The van der Waals surface area contributed by atoms with E-state index in [-0.39, 0.29) is 11.9 Å². The highest BCUT2D eigenvalue weighted by atomic mass is 19.1. The van der Waals surface area contributed by atoms with E-state index in [0.29, 0.717) is 11.7 Å². The summed E-state index contributed by atoms with van der Waals surface area (Å²) in [7, 11) is 4.22. The molecule has 1 atom stereocenters. The number of rotatable bonds is 3. The summed E-state index contributed by atoms with van der Waals surface area (Å²) >= 11 is 0. The molecule has 1 heterocycles. The lowest BCUT2D eigenvalue weighted by atomic mass is 10.0. The normalized spacial score (nSPS) is 18.9. The predicted molar refractivity (Wildman–Crippen MR) is 77.9 cm³/mol. The van der Waals surface area contributed by atoms with Gasteiger partial charge in [-0.2, -0.15) is 0 Å². The number of halogens is 1. The van der Waals surface area contributed by atoms with Gasteiger partial charge in [-0.05, 0) is 51.6 Å². The first-order valence-corrected chi connectivity index (χ1v) is 6.95. The molecule has 0 saturated carbocycles. The number of hydrogen-bond donors (Lipinski definition) is 1. The lowest BCUT2D eigenvalue weighted by molar-refractivity contribution is 0.249. The Hall–Kier alpha value is -1.13. The Morgan fingerprint density at radius 2 is 1.95 bits per heavy atom. The quantitative estimate of drug-likeness (QED) is 0.910. The Balaban J connectivity index is 2.07. The minimum atomic E-state index is -0.155. The Morgan fingerprint density at radius 3 is 2.42 bits per heavy atom. The van der Waals surface area contributed by atoms with Crippen molar-refractivity contribution in [2.75, 3.05) is 32.1 Å². The molecule has 1 aliphatic rings. The molecule has 1 saturated heterocycles. The highest BCUT2D eigenvalue weighted by Crippen LogP contribution is 2.26. The van der Waals surface area contributed by atoms with Crippen molar-refractivity contribution in [1.82, 2.24) is 4.90 Å². The van der Waals surface area contributed by atoms with Crippen molar-refractivity contribution in [2.24, 2.45) is 5.73 Å². The summed E-state index contributed by atoms with van der Waals surface area (Å²) in [6.07, 6.45) is 2.17. The molecule has 106 valence electrons. The third-order valence-corrected chi connectivity index (χ3v) is 4.03. The smallest absolute Gasteiger partial charge is 0.146 e. The van der Waals surface area contributed by atoms with Gasteiger partial charge in [0, 0.05) is 25.2 Å². The van der Waals surface area contributed by atoms with Gasteiger partial charge in [0.1, 0.15) is 5.82 Å². The number of benzene rings is 1. The van der Waals surface area contributed by atoms with E-state index < -0.39 is 0 Å². The molecule has 1 fully saturated rings. The van der Waals surface area contributed by atoms with Gasteiger partial charge < -0.3 is 15.5 Å². The van der Waals surface area contributed by atoms with Crippen molar-refractivity contribution in [3.05, 3.63) is 29.6 Å². The van der Waals surface area contributed by atoms with Crippen LogP contribution in [0.4, 0.5) is 10.1 Å². The summed E-state index contributed by atoms with van der Waals surface area (Å²) in [5.74, 6) is -0.155. The third kappa shape index (κ3) is 3.25. The topological polar surface area (TPSA) is 32.5 Å². The van der Waals surface area contributed by atoms with Gasteiger partial charge in [-0.25, -0.2) is 4.39 Å². The van der Waals surface area contributed by atoms with Crippen LogP contribution in [-0.2, 0) is 0 Å². The molecule has 0 bridgehead atoms. The molecule has 0 spiro atoms. The van der Waals surface area contributed by atoms with Gasteiger partial charge in [-0.15, -0.1) is 0 Å². The predicted octanol–water partition coefficient (Wildman–Crippen LogP) is 2.38. The van der Waals surface area contributed by atoms with Crippen LogP contribution >= 0.6 is 0 Å². The SMILES string of the molecule is CC(N)c1ccc(N2CCC(N(C)C)CC2)c(F)c1. The number of piperidine rings is 1. The van der Waals surface area contributed by atoms with Gasteiger partial charge in [-0.1, -0.05) is 6.07 Å². The molecule has 4 heteroatoms. The van der Waals surface area contributed by atoms with Gasteiger partial charge >= 0.3 is 0 Å². The first-order chi connectivity index (χ1) is 8.99. The van der Waals surface area contributed by atoms with E-state index in [4.69, 9.17) is 5.73 Å². The Kier molecular flexibility index (Phi) is 4.42. The second kappa shape index (κ2) is 5.88. The molecule has 1 aromatic rings. The zero-order chi connectivity index (χ0) is 14.0. The van der Waals surface area contributed by atoms with Crippen molar-refractivity contribution in [3.8, 4) is 0 Å². The largest absolute Gasteiger partial charge is 0.369 e. The number of hydrogen-bond acceptors (Lipinski definition) is 3. The van der Waals surface area contributed by atoms with Crippen molar-refractivity contribution in [1.29, 1.82) is 0 Å². The fourth-order valence-electron chi connectivity index (χ4n) is 2.69. The molecule has 2 N–H and O–H groups in total. The molecular weight excluding hydrogens is 241 g/mol. The summed E-state index contributed by atoms with van der Waals surface area (Å²) in [6.45, 7) is 3.70. The maximum atomic E-state index is 14.1. The van der Waals surface area contributed by atoms with Crippen LogP contribution in [0.1, 0.15) is 31.4 Å². The van der Waals surface area contributed by atoms with Crippen molar-refractivity contribution in [3.63, 3.8) is 0 Å². The van der Waals surface area contributed by atoms with Crippen molar-refractivity contribution < 1.29 is 4.39 Å². The molecule has 0 aromatic heterocycles. The molecule has 0 amide bonds. The zero-order valence-corrected chi connectivity index (χ0v) is 12.1. The maximum absolute atomic E-state index is 14.1. The Morgan fingerprint density at radius 1 is 1.32 bits per heavy atom. The van der Waals surface area contributed by atoms with Crippen LogP contribution in [0.25, 0.3) is 0 Å². The van der Waals surface area contributed by atoms with Crippen LogP contribution in [0, 0.1) is 5.82 Å². The number of nitrogens with zero attached hydrogens (tertiary/aromatic N) is 2. The first kappa shape index (κ1) is 14.3. The molecule has 1 aliphatic heterocycles. The highest BCUT2D eigenvalue weighted by Gasteiger charge is 2.22. The number of anilines is 1. The molecule has 0 radical (unpaired) electrons. The minimum absolute atomic E-state index is 0.122. The van der Waals surface area contributed by atoms with Crippen LogP contribution in [0.2, 0.25) is 0 Å². The van der Waals surface area contributed by atoms with Crippen LogP contribution < -0.4 is 10.6 Å². The lowest BCUT2D eigenvalue weighted by Gasteiger charge is -2.36. The molecule has 1 aromatic carbocycles. The minimum Gasteiger partial charge on any atom is -0.369 e. The monoisotopic (exact) mass is 265 g/mol. The average Bonchev–Trinajstić information content (AvgIpc) is 2.38. The second-order valence-corrected chi connectivity index (χ2v) is 5.68. The van der Waals surface area contributed by atoms with Crippen LogP contribution in [0.15, 0.2) is 18.2 Å². The Labute approximate surface area is 115 Å². The van der Waals surface area contributed by atoms with Gasteiger partial charge in [-0.3, -0.25) is 0 Å². The summed E-state index contributed by atoms with van der Waals surface area (Å²) in [5.41, 5.74) is 7.34. The van der Waals surface area contributed by atoms with Crippen LogP contribution in [-0.4, -0.2) is 38.1 Å². The van der Waals surface area contributed by atoms with E-state index in [9.17, 15) is 4.39 Å². The summed E-state index contributed by atoms with van der Waals surface area (Å²) in [5, 5.41) is 0. The van der Waals surface area contributed by atoms with E-state index >= 15 is 0 Å². The lowest BCUT2D eigenvalue weighted by Crippen LogP contribution is -2.42. The standard InChI is InChI=1S/C15H24FN3/c1-11(17)12-4-5-15(14(16)10-12)19-8-6-13(7-9-19)18(2)3/h4-5,10-11,13H,6-9,17H2,1-3H3. The van der Waals surface area contributed by atoms with Crippen molar-refractivity contribution >= 4 is 5.69 Å². The maximum Gasteiger partial charge on any atom is 0.146 e. The van der Waals surface area contributed by atoms with E-state index in [1.54, 1.807) is 6.07 Å². The molecule has 19 heavy (non-hydrogen) atoms. The molecule has 2 rings (SSSR count). The number of nitrogens with two attached hydrogens (primary N) is 1. The van der Waals surface area contributed by atoms with E-state index in [1.165, 1.54) is 0 Å². The van der Waals surface area contributed by atoms with E-state index in [2.05, 4.69) is 23.9 Å². The Bertz CT molecular complexity index is 423. The summed E-state index contributed by atoms with van der Waals surface area (Å²) < 4.78 is 14.1. The van der Waals surface area contributed by atoms with Crippen LogP contribution in [0.3, 0.4) is 0 Å². The highest BCUT2D eigenvalue weighted by molar-refractivity contribution is 5.50. The fraction of sp³-hybridized carbons (Fsp3) is 0.600. The van der Waals surface area contributed by atoms with Crippen LogP contribution in [0.5, 0.6) is 0 Å². The van der Waals surface area contributed by atoms with E-state index in [1.807, 2.05) is 19.1 Å². The van der Waals surface area contributed by atoms with Gasteiger partial charge in [0.25, 0.3) is 0 Å². The molecular formula is C15H24FN3. The summed E-state index contributed by atoms with van der Waals surface area (Å²) in [6, 6.07) is 5.86. The third-order valence-electron chi connectivity index (χ3n) is 4.03. The second-order valence-electron chi connectivity index (χ2n) is 5.68. The van der Waals surface area contributed by atoms with Gasteiger partial charge in [0.2, 0.25) is 0 Å². The zero-order valence-electron chi connectivity index (χ0n) is 12.1. The molecule has 0 aliphatic carbocycles. The first-order valence-electron chi connectivity index (χ1n) is 6.95. The van der Waals surface area contributed by atoms with Gasteiger partial charge in [0.05, 0.1) is 5.69 Å².